The predicted octanol–water partition coefficient (Wildman–Crippen LogP) is 0.621. The maximum atomic E-state index is 11.9. The van der Waals surface area contributed by atoms with E-state index < -0.39 is 0 Å². The van der Waals surface area contributed by atoms with Gasteiger partial charge < -0.3 is 15.7 Å². The first-order valence-corrected chi connectivity index (χ1v) is 6.83. The summed E-state index contributed by atoms with van der Waals surface area (Å²) < 4.78 is 0. The Morgan fingerprint density at radius 2 is 2.47 bits per heavy atom. The van der Waals surface area contributed by atoms with Gasteiger partial charge in [-0.15, -0.1) is 11.3 Å². The molecule has 0 radical (unpaired) electrons. The lowest BCUT2D eigenvalue weighted by Crippen LogP contribution is -2.34. The van der Waals surface area contributed by atoms with Gasteiger partial charge in [-0.2, -0.15) is 0 Å². The molecule has 0 bridgehead atoms. The molecule has 5 heteroatoms. The first-order chi connectivity index (χ1) is 8.22. The third-order valence-electron chi connectivity index (χ3n) is 3.16. The summed E-state index contributed by atoms with van der Waals surface area (Å²) >= 11 is 1.48. The molecule has 2 atom stereocenters. The molecule has 1 fully saturated rings. The van der Waals surface area contributed by atoms with E-state index in [-0.39, 0.29) is 17.9 Å². The van der Waals surface area contributed by atoms with Gasteiger partial charge in [-0.05, 0) is 23.4 Å². The lowest BCUT2D eigenvalue weighted by atomic mass is 10.1. The fourth-order valence-corrected chi connectivity index (χ4v) is 2.96. The maximum Gasteiger partial charge on any atom is 0.261 e. The molecule has 1 aliphatic heterocycles. The Bertz CT molecular complexity index is 392. The highest BCUT2D eigenvalue weighted by atomic mass is 32.1. The van der Waals surface area contributed by atoms with Gasteiger partial charge in [0.15, 0.2) is 0 Å². The summed E-state index contributed by atoms with van der Waals surface area (Å²) in [6.45, 7) is 3.98. The van der Waals surface area contributed by atoms with Gasteiger partial charge in [0.05, 0.1) is 11.0 Å². The van der Waals surface area contributed by atoms with Crippen LogP contribution in [0.25, 0.3) is 0 Å². The first kappa shape index (κ1) is 12.5. The standard InChI is InChI=1S/C12H18N2O2S/c1-2-8-3-4-17-11(8)12(16)14-6-9-5-13-7-10(9)15/h3-4,9-10,13,15H,2,5-7H2,1H3,(H,14,16). The van der Waals surface area contributed by atoms with Crippen molar-refractivity contribution in [3.05, 3.63) is 21.9 Å². The minimum atomic E-state index is -0.343. The number of amides is 1. The van der Waals surface area contributed by atoms with Crippen LogP contribution in [-0.4, -0.2) is 36.8 Å². The SMILES string of the molecule is CCc1ccsc1C(=O)NCC1CNCC1O. The summed E-state index contributed by atoms with van der Waals surface area (Å²) in [5, 5.41) is 17.6. The van der Waals surface area contributed by atoms with Gasteiger partial charge >= 0.3 is 0 Å². The van der Waals surface area contributed by atoms with Crippen molar-refractivity contribution < 1.29 is 9.90 Å². The van der Waals surface area contributed by atoms with Gasteiger partial charge in [-0.1, -0.05) is 6.92 Å². The highest BCUT2D eigenvalue weighted by molar-refractivity contribution is 7.12. The molecule has 1 aromatic heterocycles. The fraction of sp³-hybridized carbons (Fsp3) is 0.583. The van der Waals surface area contributed by atoms with E-state index in [1.54, 1.807) is 0 Å². The second-order valence-corrected chi connectivity index (χ2v) is 5.24. The fourth-order valence-electron chi connectivity index (χ4n) is 2.04. The van der Waals surface area contributed by atoms with Crippen LogP contribution < -0.4 is 10.6 Å². The van der Waals surface area contributed by atoms with E-state index in [4.69, 9.17) is 0 Å². The molecular weight excluding hydrogens is 236 g/mol. The van der Waals surface area contributed by atoms with Gasteiger partial charge in [-0.25, -0.2) is 0 Å². The molecule has 0 aromatic carbocycles. The Morgan fingerprint density at radius 3 is 3.12 bits per heavy atom. The van der Waals surface area contributed by atoms with Crippen LogP contribution in [0.1, 0.15) is 22.2 Å². The number of thiophene rings is 1. The summed E-state index contributed by atoms with van der Waals surface area (Å²) in [7, 11) is 0. The van der Waals surface area contributed by atoms with Crippen molar-refractivity contribution in [3.8, 4) is 0 Å². The van der Waals surface area contributed by atoms with E-state index in [1.807, 2.05) is 18.4 Å². The molecule has 1 aromatic rings. The summed E-state index contributed by atoms with van der Waals surface area (Å²) in [5.74, 6) is 0.111. The molecule has 1 saturated heterocycles. The lowest BCUT2D eigenvalue weighted by molar-refractivity contribution is 0.0930. The van der Waals surface area contributed by atoms with E-state index >= 15 is 0 Å². The number of β-amino-alcohol motifs (C(OH)–C–C–N with tert-alkyl or cyclic N) is 1. The van der Waals surface area contributed by atoms with Crippen LogP contribution >= 0.6 is 11.3 Å². The summed E-state index contributed by atoms with van der Waals surface area (Å²) in [5.41, 5.74) is 1.09. The van der Waals surface area contributed by atoms with E-state index in [9.17, 15) is 9.90 Å². The zero-order valence-electron chi connectivity index (χ0n) is 9.90. The highest BCUT2D eigenvalue weighted by Gasteiger charge is 2.25. The molecule has 1 amide bonds. The summed E-state index contributed by atoms with van der Waals surface area (Å²) in [4.78, 5) is 12.7. The Kier molecular flexibility index (Phi) is 4.15. The smallest absolute Gasteiger partial charge is 0.261 e. The quantitative estimate of drug-likeness (QED) is 0.738. The van der Waals surface area contributed by atoms with E-state index in [2.05, 4.69) is 10.6 Å². The molecule has 4 nitrogen and oxygen atoms in total. The molecule has 94 valence electrons. The third-order valence-corrected chi connectivity index (χ3v) is 4.12. The van der Waals surface area contributed by atoms with Crippen molar-refractivity contribution in [1.29, 1.82) is 0 Å². The molecule has 2 rings (SSSR count). The van der Waals surface area contributed by atoms with Crippen LogP contribution in [0.2, 0.25) is 0 Å². The number of hydrogen-bond donors (Lipinski definition) is 3. The molecule has 17 heavy (non-hydrogen) atoms. The van der Waals surface area contributed by atoms with Gasteiger partial charge in [0, 0.05) is 25.6 Å². The zero-order valence-corrected chi connectivity index (χ0v) is 10.7. The second-order valence-electron chi connectivity index (χ2n) is 4.32. The van der Waals surface area contributed by atoms with Crippen LogP contribution in [0.15, 0.2) is 11.4 Å². The highest BCUT2D eigenvalue weighted by Crippen LogP contribution is 2.17. The van der Waals surface area contributed by atoms with Gasteiger partial charge in [0.1, 0.15) is 0 Å². The summed E-state index contributed by atoms with van der Waals surface area (Å²) in [6.07, 6.45) is 0.532. The van der Waals surface area contributed by atoms with Crippen molar-refractivity contribution in [2.45, 2.75) is 19.4 Å². The number of rotatable bonds is 4. The van der Waals surface area contributed by atoms with E-state index in [1.165, 1.54) is 11.3 Å². The molecule has 0 aliphatic carbocycles. The molecule has 1 aliphatic rings. The Morgan fingerprint density at radius 1 is 1.65 bits per heavy atom. The molecule has 0 saturated carbocycles. The van der Waals surface area contributed by atoms with E-state index in [0.29, 0.717) is 13.1 Å². The van der Waals surface area contributed by atoms with E-state index in [0.717, 1.165) is 23.4 Å². The molecule has 0 spiro atoms. The van der Waals surface area contributed by atoms with Crippen LogP contribution in [-0.2, 0) is 6.42 Å². The van der Waals surface area contributed by atoms with Gasteiger partial charge in [0.2, 0.25) is 0 Å². The monoisotopic (exact) mass is 254 g/mol. The Hall–Kier alpha value is -0.910. The Balaban J connectivity index is 1.89. The topological polar surface area (TPSA) is 61.4 Å². The van der Waals surface area contributed by atoms with Crippen molar-refractivity contribution in [2.24, 2.45) is 5.92 Å². The minimum Gasteiger partial charge on any atom is -0.391 e. The molecule has 2 heterocycles. The van der Waals surface area contributed by atoms with Crippen molar-refractivity contribution in [2.75, 3.05) is 19.6 Å². The van der Waals surface area contributed by atoms with Gasteiger partial charge in [0.25, 0.3) is 5.91 Å². The average Bonchev–Trinajstić information content (AvgIpc) is 2.94. The molecule has 2 unspecified atom stereocenters. The normalized spacial score (nSPS) is 23.9. The van der Waals surface area contributed by atoms with Gasteiger partial charge in [-0.3, -0.25) is 4.79 Å². The number of hydrogen-bond acceptors (Lipinski definition) is 4. The number of nitrogens with one attached hydrogen (secondary N) is 2. The Labute approximate surface area is 105 Å². The third kappa shape index (κ3) is 2.86. The van der Waals surface area contributed by atoms with Crippen molar-refractivity contribution >= 4 is 17.2 Å². The van der Waals surface area contributed by atoms with Crippen LogP contribution in [0.3, 0.4) is 0 Å². The number of aliphatic hydroxyl groups is 1. The predicted molar refractivity (Wildman–Crippen MR) is 68.4 cm³/mol. The number of aliphatic hydroxyl groups excluding tert-OH is 1. The maximum absolute atomic E-state index is 11.9. The van der Waals surface area contributed by atoms with Crippen LogP contribution in [0.4, 0.5) is 0 Å². The number of carbonyl (C=O) groups is 1. The largest absolute Gasteiger partial charge is 0.391 e. The number of aryl methyl sites for hydroxylation is 1. The molecular formula is C12H18N2O2S. The van der Waals surface area contributed by atoms with Crippen molar-refractivity contribution in [1.82, 2.24) is 10.6 Å². The first-order valence-electron chi connectivity index (χ1n) is 5.95. The lowest BCUT2D eigenvalue weighted by Gasteiger charge is -2.13. The van der Waals surface area contributed by atoms with Crippen molar-refractivity contribution in [3.63, 3.8) is 0 Å². The molecule has 3 N–H and O–H groups in total. The number of carbonyl (C=O) groups excluding carboxylic acids is 1. The van der Waals surface area contributed by atoms with Crippen LogP contribution in [0.5, 0.6) is 0 Å². The minimum absolute atomic E-state index is 0.0176. The zero-order chi connectivity index (χ0) is 12.3. The second kappa shape index (κ2) is 5.62. The van der Waals surface area contributed by atoms with Crippen LogP contribution in [0, 0.1) is 5.92 Å². The average molecular weight is 254 g/mol. The summed E-state index contributed by atoms with van der Waals surface area (Å²) in [6, 6.07) is 1.99.